The first-order chi connectivity index (χ1) is 12.2. The lowest BCUT2D eigenvalue weighted by atomic mass is 9.46. The van der Waals surface area contributed by atoms with Crippen LogP contribution in [0.4, 0.5) is 0 Å². The maximum atomic E-state index is 11.9. The monoisotopic (exact) mass is 356 g/mol. The van der Waals surface area contributed by atoms with Crippen LogP contribution in [0.3, 0.4) is 0 Å². The number of allylic oxidation sites excluding steroid dienone is 1. The zero-order chi connectivity index (χ0) is 19.1. The summed E-state index contributed by atoms with van der Waals surface area (Å²) in [6, 6.07) is 5.06. The number of esters is 1. The maximum absolute atomic E-state index is 11.9. The molecule has 0 saturated heterocycles. The molecule has 1 aromatic rings. The molecule has 0 unspecified atom stereocenters. The van der Waals surface area contributed by atoms with E-state index in [4.69, 9.17) is 4.74 Å². The van der Waals surface area contributed by atoms with Gasteiger partial charge >= 0.3 is 5.97 Å². The van der Waals surface area contributed by atoms with Crippen LogP contribution < -0.4 is 0 Å². The molecular weight excluding hydrogens is 324 g/mol. The minimum atomic E-state index is -0.357. The number of carbonyl (C=O) groups excluding carboxylic acids is 1. The van der Waals surface area contributed by atoms with Crippen LogP contribution in [0.1, 0.15) is 68.8 Å². The number of carbonyl (C=O) groups is 1. The largest absolute Gasteiger partial charge is 0.508 e. The number of benzene rings is 1. The Kier molecular flexibility index (Phi) is 4.94. The van der Waals surface area contributed by atoms with Crippen LogP contribution in [-0.4, -0.2) is 18.2 Å². The third kappa shape index (κ3) is 2.95. The molecule has 26 heavy (non-hydrogen) atoms. The second-order valence-corrected chi connectivity index (χ2v) is 8.92. The van der Waals surface area contributed by atoms with Gasteiger partial charge in [0.05, 0.1) is 12.7 Å². The Morgan fingerprint density at radius 1 is 1.35 bits per heavy atom. The van der Waals surface area contributed by atoms with E-state index in [9.17, 15) is 9.90 Å². The van der Waals surface area contributed by atoms with Crippen LogP contribution >= 0.6 is 0 Å². The van der Waals surface area contributed by atoms with Crippen molar-refractivity contribution in [2.45, 2.75) is 59.3 Å². The Balaban J connectivity index is 1.99. The zero-order valence-corrected chi connectivity index (χ0v) is 16.6. The summed E-state index contributed by atoms with van der Waals surface area (Å²) in [6.07, 6.45) is 6.73. The number of phenolic OH excluding ortho intramolecular Hbond substituents is 1. The Labute approximate surface area is 157 Å². The molecule has 0 spiro atoms. The SMILES string of the molecule is C=C1CCC[C@H]2[C@](C)(Cc3cc(C(=O)OC)ccc3O)[C@@H](C)CC[C@]12C. The van der Waals surface area contributed by atoms with E-state index in [0.29, 0.717) is 17.4 Å². The molecule has 1 N–H and O–H groups in total. The number of fused-ring (bicyclic) bond motifs is 1. The van der Waals surface area contributed by atoms with Gasteiger partial charge in [-0.05, 0) is 85.0 Å². The van der Waals surface area contributed by atoms with E-state index in [1.54, 1.807) is 12.1 Å². The van der Waals surface area contributed by atoms with Crippen molar-refractivity contribution >= 4 is 5.97 Å². The average molecular weight is 357 g/mol. The summed E-state index contributed by atoms with van der Waals surface area (Å²) in [4.78, 5) is 11.9. The molecule has 0 heterocycles. The fourth-order valence-corrected chi connectivity index (χ4v) is 5.65. The lowest BCUT2D eigenvalue weighted by molar-refractivity contribution is -0.0491. The summed E-state index contributed by atoms with van der Waals surface area (Å²) in [6.45, 7) is 11.5. The smallest absolute Gasteiger partial charge is 0.337 e. The van der Waals surface area contributed by atoms with Gasteiger partial charge in [0.15, 0.2) is 0 Å². The Morgan fingerprint density at radius 3 is 2.77 bits per heavy atom. The quantitative estimate of drug-likeness (QED) is 0.573. The second-order valence-electron chi connectivity index (χ2n) is 8.92. The maximum Gasteiger partial charge on any atom is 0.337 e. The van der Waals surface area contributed by atoms with E-state index >= 15 is 0 Å². The summed E-state index contributed by atoms with van der Waals surface area (Å²) in [7, 11) is 1.39. The van der Waals surface area contributed by atoms with Crippen LogP contribution in [-0.2, 0) is 11.2 Å². The first-order valence-electron chi connectivity index (χ1n) is 9.81. The number of hydrogen-bond donors (Lipinski definition) is 1. The van der Waals surface area contributed by atoms with Gasteiger partial charge in [-0.15, -0.1) is 0 Å². The lowest BCUT2D eigenvalue weighted by Crippen LogP contribution is -2.51. The molecule has 2 aliphatic carbocycles. The standard InChI is InChI=1S/C23H32O3/c1-15-7-6-8-20-22(15,3)12-11-16(2)23(20,4)14-18-13-17(21(25)26-5)9-10-19(18)24/h9-10,13,16,20,24H,1,6-8,11-12,14H2,2-5H3/t16-,20+,22+,23+/m0/s1. The molecule has 3 nitrogen and oxygen atoms in total. The van der Waals surface area contributed by atoms with Crippen molar-refractivity contribution in [2.75, 3.05) is 7.11 Å². The van der Waals surface area contributed by atoms with E-state index in [1.165, 1.54) is 38.4 Å². The number of aromatic hydroxyl groups is 1. The van der Waals surface area contributed by atoms with E-state index in [2.05, 4.69) is 27.4 Å². The number of methoxy groups -OCH3 is 1. The fourth-order valence-electron chi connectivity index (χ4n) is 5.65. The molecule has 0 amide bonds. The van der Waals surface area contributed by atoms with Crippen LogP contribution in [0.15, 0.2) is 30.4 Å². The average Bonchev–Trinajstić information content (AvgIpc) is 2.62. The third-order valence-corrected chi connectivity index (χ3v) is 7.64. The molecule has 3 rings (SSSR count). The molecule has 0 aromatic heterocycles. The number of rotatable bonds is 3. The van der Waals surface area contributed by atoms with Crippen molar-refractivity contribution in [3.8, 4) is 5.75 Å². The molecule has 1 aromatic carbocycles. The van der Waals surface area contributed by atoms with Crippen molar-refractivity contribution in [3.63, 3.8) is 0 Å². The van der Waals surface area contributed by atoms with Crippen LogP contribution in [0, 0.1) is 22.7 Å². The highest BCUT2D eigenvalue weighted by molar-refractivity contribution is 5.89. The van der Waals surface area contributed by atoms with Gasteiger partial charge in [0.25, 0.3) is 0 Å². The van der Waals surface area contributed by atoms with E-state index in [1.807, 2.05) is 6.07 Å². The van der Waals surface area contributed by atoms with Crippen molar-refractivity contribution in [1.82, 2.24) is 0 Å². The van der Waals surface area contributed by atoms with Gasteiger partial charge < -0.3 is 9.84 Å². The van der Waals surface area contributed by atoms with Crippen molar-refractivity contribution < 1.29 is 14.6 Å². The summed E-state index contributed by atoms with van der Waals surface area (Å²) < 4.78 is 4.85. The Bertz CT molecular complexity index is 722. The Hall–Kier alpha value is -1.77. The van der Waals surface area contributed by atoms with E-state index < -0.39 is 0 Å². The lowest BCUT2D eigenvalue weighted by Gasteiger charge is -2.59. The zero-order valence-electron chi connectivity index (χ0n) is 16.6. The molecule has 142 valence electrons. The van der Waals surface area contributed by atoms with E-state index in [-0.39, 0.29) is 22.5 Å². The molecule has 3 heteroatoms. The molecule has 4 atom stereocenters. The van der Waals surface area contributed by atoms with Crippen LogP contribution in [0.2, 0.25) is 0 Å². The summed E-state index contributed by atoms with van der Waals surface area (Å²) in [5, 5.41) is 10.5. The third-order valence-electron chi connectivity index (χ3n) is 7.64. The van der Waals surface area contributed by atoms with Crippen molar-refractivity contribution in [2.24, 2.45) is 22.7 Å². The summed E-state index contributed by atoms with van der Waals surface area (Å²) in [5.41, 5.74) is 3.02. The van der Waals surface area contributed by atoms with Gasteiger partial charge in [-0.1, -0.05) is 32.9 Å². The predicted octanol–water partition coefficient (Wildman–Crippen LogP) is 5.52. The van der Waals surface area contributed by atoms with Gasteiger partial charge in [0.2, 0.25) is 0 Å². The second kappa shape index (κ2) is 6.75. The highest BCUT2D eigenvalue weighted by Crippen LogP contribution is 2.62. The summed E-state index contributed by atoms with van der Waals surface area (Å²) in [5.74, 6) is 1.03. The topological polar surface area (TPSA) is 46.5 Å². The number of ether oxygens (including phenoxy) is 1. The number of phenols is 1. The highest BCUT2D eigenvalue weighted by Gasteiger charge is 2.53. The predicted molar refractivity (Wildman–Crippen MR) is 104 cm³/mol. The van der Waals surface area contributed by atoms with E-state index in [0.717, 1.165) is 18.4 Å². The first-order valence-corrected chi connectivity index (χ1v) is 9.81. The van der Waals surface area contributed by atoms with Gasteiger partial charge in [-0.2, -0.15) is 0 Å². The molecule has 0 bridgehead atoms. The normalized spacial score (nSPS) is 34.2. The molecule has 2 saturated carbocycles. The van der Waals surface area contributed by atoms with Crippen molar-refractivity contribution in [1.29, 1.82) is 0 Å². The minimum absolute atomic E-state index is 0.0720. The fraction of sp³-hybridized carbons (Fsp3) is 0.609. The first kappa shape index (κ1) is 19.0. The van der Waals surface area contributed by atoms with Crippen molar-refractivity contribution in [3.05, 3.63) is 41.5 Å². The van der Waals surface area contributed by atoms with Gasteiger partial charge in [-0.25, -0.2) is 4.79 Å². The van der Waals surface area contributed by atoms with Gasteiger partial charge in [0.1, 0.15) is 5.75 Å². The molecular formula is C23H32O3. The molecule has 2 fully saturated rings. The van der Waals surface area contributed by atoms with Crippen LogP contribution in [0.5, 0.6) is 5.75 Å². The molecule has 2 aliphatic rings. The van der Waals surface area contributed by atoms with Crippen LogP contribution in [0.25, 0.3) is 0 Å². The molecule has 0 aliphatic heterocycles. The van der Waals surface area contributed by atoms with Gasteiger partial charge in [0, 0.05) is 0 Å². The highest BCUT2D eigenvalue weighted by atomic mass is 16.5. The Morgan fingerprint density at radius 2 is 2.08 bits per heavy atom. The summed E-state index contributed by atoms with van der Waals surface area (Å²) >= 11 is 0. The molecule has 0 radical (unpaired) electrons. The number of hydrogen-bond acceptors (Lipinski definition) is 3. The van der Waals surface area contributed by atoms with Gasteiger partial charge in [-0.3, -0.25) is 0 Å². The minimum Gasteiger partial charge on any atom is -0.508 e.